The number of carbonyl (C=O) groups excluding carboxylic acids is 1. The zero-order valence-electron chi connectivity index (χ0n) is 9.94. The number of nitrogens with two attached hydrogens (primary N) is 1. The molecule has 0 atom stereocenters. The maximum Gasteiger partial charge on any atom is 0.321 e. The standard InChI is InChI=1S/C10H12F2N2O4S/c1-2-18-9(15)5-14-19(16,17)8-4-6(13)3-7(11)10(8)12/h3-4,14H,2,5,13H2,1H3. The summed E-state index contributed by atoms with van der Waals surface area (Å²) in [6.45, 7) is 0.924. The van der Waals surface area contributed by atoms with Gasteiger partial charge in [0.1, 0.15) is 11.4 Å². The number of nitrogen functional groups attached to an aromatic ring is 1. The average molecular weight is 294 g/mol. The third kappa shape index (κ3) is 3.86. The van der Waals surface area contributed by atoms with Crippen LogP contribution in [0.1, 0.15) is 6.92 Å². The Labute approximate surface area is 108 Å². The van der Waals surface area contributed by atoms with Crippen LogP contribution in [0.4, 0.5) is 14.5 Å². The zero-order chi connectivity index (χ0) is 14.6. The maximum absolute atomic E-state index is 13.4. The molecule has 0 aromatic heterocycles. The van der Waals surface area contributed by atoms with Crippen LogP contribution in [-0.2, 0) is 19.6 Å². The van der Waals surface area contributed by atoms with Gasteiger partial charge in [0, 0.05) is 5.69 Å². The highest BCUT2D eigenvalue weighted by atomic mass is 32.2. The van der Waals surface area contributed by atoms with Crippen molar-refractivity contribution < 1.29 is 26.7 Å². The number of ether oxygens (including phenoxy) is 1. The largest absolute Gasteiger partial charge is 0.465 e. The molecule has 9 heteroatoms. The minimum atomic E-state index is -4.40. The summed E-state index contributed by atoms with van der Waals surface area (Å²) < 4.78 is 56.1. The Kier molecular flexibility index (Phi) is 4.78. The SMILES string of the molecule is CCOC(=O)CNS(=O)(=O)c1cc(N)cc(F)c1F. The second kappa shape index (κ2) is 5.93. The highest BCUT2D eigenvalue weighted by Crippen LogP contribution is 2.20. The lowest BCUT2D eigenvalue weighted by molar-refractivity contribution is -0.141. The van der Waals surface area contributed by atoms with Gasteiger partial charge in [-0.25, -0.2) is 17.2 Å². The number of sulfonamides is 1. The first-order valence-electron chi connectivity index (χ1n) is 5.17. The van der Waals surface area contributed by atoms with E-state index in [-0.39, 0.29) is 12.3 Å². The molecule has 0 saturated heterocycles. The predicted molar refractivity (Wildman–Crippen MR) is 62.6 cm³/mol. The second-order valence-electron chi connectivity index (χ2n) is 3.44. The number of nitrogens with one attached hydrogen (secondary N) is 1. The predicted octanol–water partition coefficient (Wildman–Crippen LogP) is 0.388. The van der Waals surface area contributed by atoms with Crippen LogP contribution >= 0.6 is 0 Å². The number of halogens is 2. The van der Waals surface area contributed by atoms with Crippen molar-refractivity contribution in [3.8, 4) is 0 Å². The number of hydrogen-bond acceptors (Lipinski definition) is 5. The fourth-order valence-corrected chi connectivity index (χ4v) is 2.31. The molecule has 0 radical (unpaired) electrons. The molecular formula is C10H12F2N2O4S. The molecule has 0 saturated carbocycles. The van der Waals surface area contributed by atoms with Crippen LogP contribution in [0, 0.1) is 11.6 Å². The lowest BCUT2D eigenvalue weighted by Gasteiger charge is -2.08. The van der Waals surface area contributed by atoms with Crippen molar-refractivity contribution in [1.29, 1.82) is 0 Å². The molecule has 0 amide bonds. The molecule has 0 aliphatic heterocycles. The zero-order valence-corrected chi connectivity index (χ0v) is 10.8. The van der Waals surface area contributed by atoms with Gasteiger partial charge in [0.05, 0.1) is 6.61 Å². The lowest BCUT2D eigenvalue weighted by atomic mass is 10.3. The molecule has 0 unspecified atom stereocenters. The third-order valence-corrected chi connectivity index (χ3v) is 3.42. The molecule has 0 bridgehead atoms. The first-order valence-corrected chi connectivity index (χ1v) is 6.66. The van der Waals surface area contributed by atoms with E-state index < -0.39 is 39.1 Å². The van der Waals surface area contributed by atoms with Crippen molar-refractivity contribution in [2.75, 3.05) is 18.9 Å². The van der Waals surface area contributed by atoms with Gasteiger partial charge in [-0.3, -0.25) is 4.79 Å². The van der Waals surface area contributed by atoms with E-state index in [2.05, 4.69) is 4.74 Å². The van der Waals surface area contributed by atoms with Gasteiger partial charge in [0.2, 0.25) is 10.0 Å². The summed E-state index contributed by atoms with van der Waals surface area (Å²) in [6.07, 6.45) is 0. The van der Waals surface area contributed by atoms with Gasteiger partial charge in [-0.1, -0.05) is 0 Å². The Morgan fingerprint density at radius 3 is 2.63 bits per heavy atom. The van der Waals surface area contributed by atoms with E-state index in [9.17, 15) is 22.0 Å². The minimum Gasteiger partial charge on any atom is -0.465 e. The van der Waals surface area contributed by atoms with E-state index in [4.69, 9.17) is 5.73 Å². The van der Waals surface area contributed by atoms with E-state index in [0.717, 1.165) is 6.07 Å². The molecule has 0 spiro atoms. The Hall–Kier alpha value is -1.74. The second-order valence-corrected chi connectivity index (χ2v) is 5.18. The molecule has 1 rings (SSSR count). The van der Waals surface area contributed by atoms with E-state index >= 15 is 0 Å². The molecule has 1 aromatic carbocycles. The number of esters is 1. The highest BCUT2D eigenvalue weighted by molar-refractivity contribution is 7.89. The first kappa shape index (κ1) is 15.3. The number of anilines is 1. The van der Waals surface area contributed by atoms with Crippen molar-refractivity contribution in [3.05, 3.63) is 23.8 Å². The van der Waals surface area contributed by atoms with Crippen molar-refractivity contribution in [1.82, 2.24) is 4.72 Å². The Morgan fingerprint density at radius 2 is 2.05 bits per heavy atom. The van der Waals surface area contributed by atoms with Crippen LogP contribution in [0.25, 0.3) is 0 Å². The van der Waals surface area contributed by atoms with Crippen molar-refractivity contribution >= 4 is 21.7 Å². The summed E-state index contributed by atoms with van der Waals surface area (Å²) in [4.78, 5) is 10.0. The van der Waals surface area contributed by atoms with E-state index in [1.807, 2.05) is 0 Å². The number of carbonyl (C=O) groups is 1. The molecule has 3 N–H and O–H groups in total. The molecule has 106 valence electrons. The molecule has 1 aromatic rings. The number of hydrogen-bond donors (Lipinski definition) is 2. The van der Waals surface area contributed by atoms with Gasteiger partial charge < -0.3 is 10.5 Å². The lowest BCUT2D eigenvalue weighted by Crippen LogP contribution is -2.31. The minimum absolute atomic E-state index is 0.0713. The molecular weight excluding hydrogens is 282 g/mol. The molecule has 0 aliphatic rings. The first-order chi connectivity index (χ1) is 8.77. The van der Waals surface area contributed by atoms with Gasteiger partial charge in [0.15, 0.2) is 11.6 Å². The van der Waals surface area contributed by atoms with Crippen LogP contribution in [0.3, 0.4) is 0 Å². The van der Waals surface area contributed by atoms with Crippen molar-refractivity contribution in [2.45, 2.75) is 11.8 Å². The van der Waals surface area contributed by atoms with Crippen LogP contribution in [-0.4, -0.2) is 27.5 Å². The van der Waals surface area contributed by atoms with Crippen LogP contribution in [0.15, 0.2) is 17.0 Å². The summed E-state index contributed by atoms with van der Waals surface area (Å²) in [7, 11) is -4.40. The fourth-order valence-electron chi connectivity index (χ4n) is 1.22. The average Bonchev–Trinajstić information content (AvgIpc) is 2.31. The fraction of sp³-hybridized carbons (Fsp3) is 0.300. The maximum atomic E-state index is 13.4. The summed E-state index contributed by atoms with van der Waals surface area (Å²) in [5.74, 6) is -3.79. The topological polar surface area (TPSA) is 98.5 Å². The Balaban J connectivity index is 2.98. The molecule has 0 aliphatic carbocycles. The highest BCUT2D eigenvalue weighted by Gasteiger charge is 2.23. The van der Waals surface area contributed by atoms with Gasteiger partial charge in [-0.15, -0.1) is 0 Å². The molecule has 19 heavy (non-hydrogen) atoms. The van der Waals surface area contributed by atoms with Gasteiger partial charge in [0.25, 0.3) is 0 Å². The normalized spacial score (nSPS) is 11.3. The summed E-state index contributed by atoms with van der Waals surface area (Å²) in [5, 5.41) is 0. The van der Waals surface area contributed by atoms with Crippen LogP contribution in [0.5, 0.6) is 0 Å². The van der Waals surface area contributed by atoms with Gasteiger partial charge in [-0.2, -0.15) is 4.72 Å². The van der Waals surface area contributed by atoms with Crippen LogP contribution in [0.2, 0.25) is 0 Å². The van der Waals surface area contributed by atoms with E-state index in [0.29, 0.717) is 6.07 Å². The van der Waals surface area contributed by atoms with Crippen LogP contribution < -0.4 is 10.5 Å². The third-order valence-electron chi connectivity index (χ3n) is 2.02. The van der Waals surface area contributed by atoms with Crippen molar-refractivity contribution in [2.24, 2.45) is 0 Å². The summed E-state index contributed by atoms with van der Waals surface area (Å²) >= 11 is 0. The molecule has 6 nitrogen and oxygen atoms in total. The van der Waals surface area contributed by atoms with Gasteiger partial charge >= 0.3 is 5.97 Å². The smallest absolute Gasteiger partial charge is 0.321 e. The van der Waals surface area contributed by atoms with Gasteiger partial charge in [-0.05, 0) is 19.1 Å². The molecule has 0 fully saturated rings. The quantitative estimate of drug-likeness (QED) is 0.604. The monoisotopic (exact) mass is 294 g/mol. The number of rotatable bonds is 5. The molecule has 0 heterocycles. The Morgan fingerprint density at radius 1 is 1.42 bits per heavy atom. The van der Waals surface area contributed by atoms with E-state index in [1.165, 1.54) is 0 Å². The van der Waals surface area contributed by atoms with E-state index in [1.54, 1.807) is 11.6 Å². The summed E-state index contributed by atoms with van der Waals surface area (Å²) in [5.41, 5.74) is 4.98. The summed E-state index contributed by atoms with van der Waals surface area (Å²) in [6, 6.07) is 1.41. The van der Waals surface area contributed by atoms with Crippen molar-refractivity contribution in [3.63, 3.8) is 0 Å². The number of benzene rings is 1. The Bertz CT molecular complexity index is 589.